The minimum atomic E-state index is -0.588. The SMILES string of the molecule is COC(C)(C)C(O)Cc1ncnn1C. The van der Waals surface area contributed by atoms with Gasteiger partial charge in [-0.1, -0.05) is 0 Å². The van der Waals surface area contributed by atoms with Crippen LogP contribution in [0.15, 0.2) is 6.33 Å². The molecule has 0 aliphatic rings. The van der Waals surface area contributed by atoms with Crippen LogP contribution < -0.4 is 0 Å². The summed E-state index contributed by atoms with van der Waals surface area (Å²) in [5, 5.41) is 13.8. The van der Waals surface area contributed by atoms with Gasteiger partial charge in [0.2, 0.25) is 0 Å². The van der Waals surface area contributed by atoms with Gasteiger partial charge in [0.05, 0.1) is 11.7 Å². The van der Waals surface area contributed by atoms with E-state index in [1.165, 1.54) is 6.33 Å². The molecule has 0 fully saturated rings. The maximum atomic E-state index is 9.87. The van der Waals surface area contributed by atoms with Crippen molar-refractivity contribution < 1.29 is 9.84 Å². The first-order valence-electron chi connectivity index (χ1n) is 4.53. The maximum Gasteiger partial charge on any atom is 0.138 e. The molecule has 80 valence electrons. The zero-order valence-electron chi connectivity index (χ0n) is 9.06. The summed E-state index contributed by atoms with van der Waals surface area (Å²) in [6.45, 7) is 3.68. The average molecular weight is 199 g/mol. The number of rotatable bonds is 4. The Bertz CT molecular complexity index is 296. The predicted molar refractivity (Wildman–Crippen MR) is 51.8 cm³/mol. The van der Waals surface area contributed by atoms with Crippen LogP contribution in [0.4, 0.5) is 0 Å². The number of ether oxygens (including phenoxy) is 1. The fourth-order valence-electron chi connectivity index (χ4n) is 1.06. The van der Waals surface area contributed by atoms with Crippen molar-refractivity contribution in [2.45, 2.75) is 32.0 Å². The molecular weight excluding hydrogens is 182 g/mol. The number of nitrogens with zero attached hydrogens (tertiary/aromatic N) is 3. The van der Waals surface area contributed by atoms with Crippen molar-refractivity contribution in [2.75, 3.05) is 7.11 Å². The molecule has 0 saturated heterocycles. The van der Waals surface area contributed by atoms with Crippen molar-refractivity contribution in [3.63, 3.8) is 0 Å². The van der Waals surface area contributed by atoms with E-state index in [0.717, 1.165) is 5.82 Å². The molecule has 1 heterocycles. The summed E-state index contributed by atoms with van der Waals surface area (Å²) >= 11 is 0. The Hall–Kier alpha value is -0.940. The van der Waals surface area contributed by atoms with Crippen molar-refractivity contribution in [3.8, 4) is 0 Å². The van der Waals surface area contributed by atoms with Crippen LogP contribution in [-0.4, -0.2) is 38.7 Å². The third kappa shape index (κ3) is 2.30. The van der Waals surface area contributed by atoms with Gasteiger partial charge in [-0.2, -0.15) is 5.10 Å². The largest absolute Gasteiger partial charge is 0.390 e. The van der Waals surface area contributed by atoms with Gasteiger partial charge in [-0.25, -0.2) is 4.98 Å². The number of hydrogen-bond acceptors (Lipinski definition) is 4. The zero-order chi connectivity index (χ0) is 10.8. The highest BCUT2D eigenvalue weighted by molar-refractivity contribution is 4.92. The van der Waals surface area contributed by atoms with Crippen molar-refractivity contribution in [1.29, 1.82) is 0 Å². The van der Waals surface area contributed by atoms with Gasteiger partial charge in [0.15, 0.2) is 0 Å². The molecule has 0 amide bonds. The van der Waals surface area contributed by atoms with Gasteiger partial charge in [0.1, 0.15) is 12.2 Å². The van der Waals surface area contributed by atoms with Gasteiger partial charge >= 0.3 is 0 Å². The lowest BCUT2D eigenvalue weighted by Gasteiger charge is -2.28. The highest BCUT2D eigenvalue weighted by Crippen LogP contribution is 2.16. The van der Waals surface area contributed by atoms with E-state index in [0.29, 0.717) is 6.42 Å². The van der Waals surface area contributed by atoms with Crippen LogP contribution in [0, 0.1) is 0 Å². The highest BCUT2D eigenvalue weighted by atomic mass is 16.5. The number of aryl methyl sites for hydroxylation is 1. The Morgan fingerprint density at radius 1 is 1.64 bits per heavy atom. The normalized spacial score (nSPS) is 14.4. The second kappa shape index (κ2) is 4.06. The molecule has 0 bridgehead atoms. The molecule has 0 aliphatic carbocycles. The van der Waals surface area contributed by atoms with Gasteiger partial charge in [-0.3, -0.25) is 4.68 Å². The lowest BCUT2D eigenvalue weighted by molar-refractivity contribution is -0.0774. The van der Waals surface area contributed by atoms with Gasteiger partial charge in [0.25, 0.3) is 0 Å². The summed E-state index contributed by atoms with van der Waals surface area (Å²) in [5.74, 6) is 0.752. The second-order valence-corrected chi connectivity index (χ2v) is 3.83. The number of methoxy groups -OCH3 is 1. The molecule has 1 aromatic heterocycles. The number of hydrogen-bond donors (Lipinski definition) is 1. The molecule has 0 aliphatic heterocycles. The fraction of sp³-hybridized carbons (Fsp3) is 0.778. The molecule has 5 heteroatoms. The lowest BCUT2D eigenvalue weighted by atomic mass is 9.98. The summed E-state index contributed by atoms with van der Waals surface area (Å²) in [5.41, 5.74) is -0.564. The molecule has 1 unspecified atom stereocenters. The van der Waals surface area contributed by atoms with Crippen LogP contribution in [0.1, 0.15) is 19.7 Å². The van der Waals surface area contributed by atoms with E-state index >= 15 is 0 Å². The number of aromatic nitrogens is 3. The van der Waals surface area contributed by atoms with E-state index in [1.807, 2.05) is 13.8 Å². The van der Waals surface area contributed by atoms with Crippen molar-refractivity contribution in [2.24, 2.45) is 7.05 Å². The Balaban J connectivity index is 2.66. The molecule has 5 nitrogen and oxygen atoms in total. The molecule has 1 aromatic rings. The molecule has 0 spiro atoms. The van der Waals surface area contributed by atoms with Crippen molar-refractivity contribution >= 4 is 0 Å². The van der Waals surface area contributed by atoms with Gasteiger partial charge in [0, 0.05) is 20.6 Å². The van der Waals surface area contributed by atoms with E-state index in [-0.39, 0.29) is 0 Å². The minimum absolute atomic E-state index is 0.442. The smallest absolute Gasteiger partial charge is 0.138 e. The summed E-state index contributed by atoms with van der Waals surface area (Å²) in [4.78, 5) is 4.04. The van der Waals surface area contributed by atoms with E-state index in [2.05, 4.69) is 10.1 Å². The quantitative estimate of drug-likeness (QED) is 0.749. The molecule has 1 rings (SSSR count). The van der Waals surface area contributed by atoms with Crippen LogP contribution in [0.5, 0.6) is 0 Å². The summed E-state index contributed by atoms with van der Waals surface area (Å²) in [7, 11) is 3.38. The van der Waals surface area contributed by atoms with Gasteiger partial charge < -0.3 is 9.84 Å². The van der Waals surface area contributed by atoms with E-state index in [9.17, 15) is 5.11 Å². The van der Waals surface area contributed by atoms with E-state index in [4.69, 9.17) is 4.74 Å². The molecule has 0 radical (unpaired) electrons. The summed E-state index contributed by atoms with van der Waals surface area (Å²) in [6.07, 6.45) is 1.33. The predicted octanol–water partition coefficient (Wildman–Crippen LogP) is 0.143. The Labute approximate surface area is 83.7 Å². The first-order chi connectivity index (χ1) is 6.47. The van der Waals surface area contributed by atoms with E-state index < -0.39 is 11.7 Å². The molecule has 1 N–H and O–H groups in total. The molecule has 0 saturated carbocycles. The van der Waals surface area contributed by atoms with Crippen LogP contribution in [0.3, 0.4) is 0 Å². The van der Waals surface area contributed by atoms with Gasteiger partial charge in [-0.15, -0.1) is 0 Å². The summed E-state index contributed by atoms with van der Waals surface area (Å²) < 4.78 is 6.83. The molecule has 1 atom stereocenters. The van der Waals surface area contributed by atoms with Crippen LogP contribution in [-0.2, 0) is 18.2 Å². The zero-order valence-corrected chi connectivity index (χ0v) is 9.06. The monoisotopic (exact) mass is 199 g/mol. The highest BCUT2D eigenvalue weighted by Gasteiger charge is 2.28. The second-order valence-electron chi connectivity index (χ2n) is 3.83. The number of aliphatic hydroxyl groups excluding tert-OH is 1. The Morgan fingerprint density at radius 2 is 2.29 bits per heavy atom. The van der Waals surface area contributed by atoms with Crippen LogP contribution >= 0.6 is 0 Å². The van der Waals surface area contributed by atoms with Crippen molar-refractivity contribution in [1.82, 2.24) is 14.8 Å². The minimum Gasteiger partial charge on any atom is -0.390 e. The third-order valence-corrected chi connectivity index (χ3v) is 2.51. The van der Waals surface area contributed by atoms with Crippen molar-refractivity contribution in [3.05, 3.63) is 12.2 Å². The van der Waals surface area contributed by atoms with Crippen LogP contribution in [0.2, 0.25) is 0 Å². The topological polar surface area (TPSA) is 60.2 Å². The Kier molecular flexibility index (Phi) is 3.23. The fourth-order valence-corrected chi connectivity index (χ4v) is 1.06. The van der Waals surface area contributed by atoms with Crippen LogP contribution in [0.25, 0.3) is 0 Å². The summed E-state index contributed by atoms with van der Waals surface area (Å²) in [6, 6.07) is 0. The lowest BCUT2D eigenvalue weighted by Crippen LogP contribution is -2.40. The third-order valence-electron chi connectivity index (χ3n) is 2.51. The average Bonchev–Trinajstić information content (AvgIpc) is 2.52. The molecular formula is C9H17N3O2. The number of aliphatic hydroxyl groups is 1. The van der Waals surface area contributed by atoms with Gasteiger partial charge in [-0.05, 0) is 13.8 Å². The Morgan fingerprint density at radius 3 is 2.71 bits per heavy atom. The van der Waals surface area contributed by atoms with E-state index in [1.54, 1.807) is 18.8 Å². The molecule has 0 aromatic carbocycles. The first kappa shape index (κ1) is 11.1. The standard InChI is InChI=1S/C9H17N3O2/c1-9(2,14-4)7(13)5-8-10-6-11-12(8)3/h6-7,13H,5H2,1-4H3. The first-order valence-corrected chi connectivity index (χ1v) is 4.53. The molecule has 14 heavy (non-hydrogen) atoms. The maximum absolute atomic E-state index is 9.87.